The van der Waals surface area contributed by atoms with E-state index in [-0.39, 0.29) is 5.95 Å². The summed E-state index contributed by atoms with van der Waals surface area (Å²) in [5.74, 6) is 1.80. The second kappa shape index (κ2) is 2.89. The molecule has 0 amide bonds. The Labute approximate surface area is 89.1 Å². The number of fused-ring (bicyclic) bond motifs is 3. The van der Waals surface area contributed by atoms with Crippen molar-refractivity contribution >= 4 is 17.7 Å². The van der Waals surface area contributed by atoms with Crippen molar-refractivity contribution in [3.05, 3.63) is 11.5 Å². The monoisotopic (exact) mass is 221 g/mol. The number of thioether (sulfide) groups is 1. The molecule has 0 unspecified atom stereocenters. The van der Waals surface area contributed by atoms with E-state index in [1.165, 1.54) is 0 Å². The molecule has 0 aliphatic carbocycles. The fourth-order valence-electron chi connectivity index (χ4n) is 1.51. The van der Waals surface area contributed by atoms with Crippen LogP contribution in [0.4, 0.5) is 5.95 Å². The quantitative estimate of drug-likeness (QED) is 0.623. The number of nitrogens with two attached hydrogens (primary N) is 1. The van der Waals surface area contributed by atoms with Gasteiger partial charge in [0.1, 0.15) is 10.7 Å². The highest BCUT2D eigenvalue weighted by atomic mass is 32.2. The number of hydrogen-bond donors (Lipinski definition) is 1. The maximum atomic E-state index is 5.58. The second-order valence-electron chi connectivity index (χ2n) is 3.12. The molecule has 0 fully saturated rings. The predicted octanol–water partition coefficient (Wildman–Crippen LogP) is -0.0514. The first-order chi connectivity index (χ1) is 7.25. The zero-order valence-corrected chi connectivity index (χ0v) is 8.69. The topological polar surface area (TPSA) is 95.4 Å². The molecule has 7 nitrogen and oxygen atoms in total. The van der Waals surface area contributed by atoms with Crippen molar-refractivity contribution in [3.8, 4) is 5.69 Å². The van der Waals surface area contributed by atoms with Gasteiger partial charge in [-0.25, -0.2) is 9.97 Å². The summed E-state index contributed by atoms with van der Waals surface area (Å²) in [7, 11) is 0. The zero-order chi connectivity index (χ0) is 10.4. The van der Waals surface area contributed by atoms with E-state index in [0.29, 0.717) is 5.75 Å². The molecular formula is C7H7N7S. The van der Waals surface area contributed by atoms with E-state index in [2.05, 4.69) is 25.5 Å². The third kappa shape index (κ3) is 1.18. The van der Waals surface area contributed by atoms with Crippen LogP contribution in [0.3, 0.4) is 0 Å². The highest BCUT2D eigenvalue weighted by Crippen LogP contribution is 2.33. The van der Waals surface area contributed by atoms with Crippen molar-refractivity contribution in [2.45, 2.75) is 17.7 Å². The number of nitrogens with zero attached hydrogens (tertiary/aromatic N) is 6. The molecule has 76 valence electrons. The van der Waals surface area contributed by atoms with Gasteiger partial charge >= 0.3 is 0 Å². The van der Waals surface area contributed by atoms with Crippen LogP contribution in [0.1, 0.15) is 11.5 Å². The van der Waals surface area contributed by atoms with Crippen LogP contribution in [0.2, 0.25) is 0 Å². The molecule has 0 aromatic carbocycles. The van der Waals surface area contributed by atoms with Crippen molar-refractivity contribution in [1.29, 1.82) is 0 Å². The van der Waals surface area contributed by atoms with Gasteiger partial charge in [0.15, 0.2) is 5.82 Å². The number of aromatic nitrogens is 6. The first-order valence-corrected chi connectivity index (χ1v) is 5.29. The zero-order valence-electron chi connectivity index (χ0n) is 7.88. The van der Waals surface area contributed by atoms with Gasteiger partial charge in [-0.2, -0.15) is 4.68 Å². The molecule has 0 spiro atoms. The Morgan fingerprint density at radius 2 is 2.27 bits per heavy atom. The van der Waals surface area contributed by atoms with Crippen LogP contribution in [0, 0.1) is 6.92 Å². The lowest BCUT2D eigenvalue weighted by molar-refractivity contribution is 0.737. The minimum Gasteiger partial charge on any atom is -0.368 e. The molecule has 1 aliphatic heterocycles. The van der Waals surface area contributed by atoms with Crippen molar-refractivity contribution in [3.63, 3.8) is 0 Å². The summed E-state index contributed by atoms with van der Waals surface area (Å²) in [5.41, 5.74) is 7.21. The van der Waals surface area contributed by atoms with E-state index < -0.39 is 0 Å². The number of nitrogen functional groups attached to an aromatic ring is 1. The van der Waals surface area contributed by atoms with Crippen molar-refractivity contribution in [2.75, 3.05) is 5.73 Å². The minimum atomic E-state index is 0.287. The van der Waals surface area contributed by atoms with Gasteiger partial charge in [-0.1, -0.05) is 11.8 Å². The van der Waals surface area contributed by atoms with Crippen LogP contribution in [-0.4, -0.2) is 30.2 Å². The lowest BCUT2D eigenvalue weighted by Gasteiger charge is -2.15. The molecular weight excluding hydrogens is 214 g/mol. The molecule has 1 aliphatic rings. The van der Waals surface area contributed by atoms with E-state index in [1.807, 2.05) is 6.92 Å². The Morgan fingerprint density at radius 3 is 3.13 bits per heavy atom. The van der Waals surface area contributed by atoms with E-state index in [0.717, 1.165) is 22.2 Å². The molecule has 3 rings (SSSR count). The van der Waals surface area contributed by atoms with E-state index in [9.17, 15) is 0 Å². The van der Waals surface area contributed by atoms with Crippen LogP contribution in [0.15, 0.2) is 5.03 Å². The van der Waals surface area contributed by atoms with Gasteiger partial charge in [0.2, 0.25) is 5.95 Å². The summed E-state index contributed by atoms with van der Waals surface area (Å²) in [6, 6.07) is 0. The second-order valence-corrected chi connectivity index (χ2v) is 4.08. The van der Waals surface area contributed by atoms with Crippen molar-refractivity contribution in [2.24, 2.45) is 0 Å². The number of aryl methyl sites for hydroxylation is 1. The predicted molar refractivity (Wildman–Crippen MR) is 53.5 cm³/mol. The van der Waals surface area contributed by atoms with Crippen molar-refractivity contribution < 1.29 is 0 Å². The van der Waals surface area contributed by atoms with Crippen molar-refractivity contribution in [1.82, 2.24) is 30.2 Å². The minimum absolute atomic E-state index is 0.287. The average Bonchev–Trinajstić information content (AvgIpc) is 2.63. The summed E-state index contributed by atoms with van der Waals surface area (Å²) in [6.45, 7) is 1.87. The lowest BCUT2D eigenvalue weighted by atomic mass is 10.3. The molecule has 0 saturated carbocycles. The van der Waals surface area contributed by atoms with Crippen LogP contribution < -0.4 is 5.73 Å². The third-order valence-electron chi connectivity index (χ3n) is 2.13. The molecule has 0 radical (unpaired) electrons. The Bertz CT molecular complexity index is 534. The fraction of sp³-hybridized carbons (Fsp3) is 0.286. The SMILES string of the molecule is Cc1nc(N)nc2c1-n1nnnc1CS2. The van der Waals surface area contributed by atoms with E-state index in [1.54, 1.807) is 16.4 Å². The maximum absolute atomic E-state index is 5.58. The van der Waals surface area contributed by atoms with Gasteiger partial charge in [-0.15, -0.1) is 5.10 Å². The summed E-state index contributed by atoms with van der Waals surface area (Å²) >= 11 is 1.57. The highest BCUT2D eigenvalue weighted by molar-refractivity contribution is 7.98. The van der Waals surface area contributed by atoms with Gasteiger partial charge in [0.05, 0.1) is 11.4 Å². The maximum Gasteiger partial charge on any atom is 0.221 e. The number of anilines is 1. The van der Waals surface area contributed by atoms with Crippen LogP contribution in [-0.2, 0) is 5.75 Å². The average molecular weight is 221 g/mol. The molecule has 8 heteroatoms. The summed E-state index contributed by atoms with van der Waals surface area (Å²) in [5, 5.41) is 12.3. The lowest BCUT2D eigenvalue weighted by Crippen LogP contribution is -2.13. The Morgan fingerprint density at radius 1 is 1.40 bits per heavy atom. The third-order valence-corrected chi connectivity index (χ3v) is 3.09. The summed E-state index contributed by atoms with van der Waals surface area (Å²) < 4.78 is 1.67. The Balaban J connectivity index is 2.32. The van der Waals surface area contributed by atoms with Gasteiger partial charge in [0, 0.05) is 0 Å². The van der Waals surface area contributed by atoms with E-state index in [4.69, 9.17) is 5.73 Å². The first kappa shape index (κ1) is 8.60. The van der Waals surface area contributed by atoms with Crippen LogP contribution in [0.25, 0.3) is 5.69 Å². The smallest absolute Gasteiger partial charge is 0.221 e. The highest BCUT2D eigenvalue weighted by Gasteiger charge is 2.23. The molecule has 0 bridgehead atoms. The molecule has 0 saturated heterocycles. The number of hydrogen-bond acceptors (Lipinski definition) is 7. The van der Waals surface area contributed by atoms with Gasteiger partial charge in [-0.3, -0.25) is 0 Å². The molecule has 15 heavy (non-hydrogen) atoms. The molecule has 0 atom stereocenters. The van der Waals surface area contributed by atoms with Crippen LogP contribution in [0.5, 0.6) is 0 Å². The molecule has 3 heterocycles. The molecule has 2 aromatic heterocycles. The van der Waals surface area contributed by atoms with Gasteiger partial charge in [-0.05, 0) is 17.4 Å². The van der Waals surface area contributed by atoms with E-state index >= 15 is 0 Å². The van der Waals surface area contributed by atoms with Crippen LogP contribution >= 0.6 is 11.8 Å². The van der Waals surface area contributed by atoms with Gasteiger partial charge in [0.25, 0.3) is 0 Å². The first-order valence-electron chi connectivity index (χ1n) is 4.30. The Hall–Kier alpha value is -1.70. The summed E-state index contributed by atoms with van der Waals surface area (Å²) in [4.78, 5) is 8.27. The molecule has 2 aromatic rings. The molecule has 2 N–H and O–H groups in total. The standard InChI is InChI=1S/C7H7N7S/c1-3-5-6(10-7(8)9-3)15-2-4-11-12-13-14(4)5/h2H2,1H3,(H2,8,9,10). The number of tetrazole rings is 1. The summed E-state index contributed by atoms with van der Waals surface area (Å²) in [6.07, 6.45) is 0. The number of rotatable bonds is 0. The normalized spacial score (nSPS) is 13.4. The fourth-order valence-corrected chi connectivity index (χ4v) is 2.48. The largest absolute Gasteiger partial charge is 0.368 e. The van der Waals surface area contributed by atoms with Gasteiger partial charge < -0.3 is 5.73 Å². The Kier molecular flexibility index (Phi) is 1.66.